The minimum Gasteiger partial charge on any atom is -0.399 e. The molecule has 0 fully saturated rings. The Hall–Kier alpha value is -4.58. The Morgan fingerprint density at radius 2 is 0.863 bits per heavy atom. The van der Waals surface area contributed by atoms with Gasteiger partial charge < -0.3 is 21.3 Å². The van der Waals surface area contributed by atoms with E-state index in [2.05, 4.69) is 50.2 Å². The summed E-state index contributed by atoms with van der Waals surface area (Å²) in [6, 6.07) is 27.4. The van der Waals surface area contributed by atoms with Gasteiger partial charge >= 0.3 is 0 Å². The van der Waals surface area contributed by atoms with E-state index in [1.807, 2.05) is 14.1 Å². The quantitative estimate of drug-likeness (QED) is 0.0805. The molecule has 51 heavy (non-hydrogen) atoms. The third-order valence-electron chi connectivity index (χ3n) is 10.9. The van der Waals surface area contributed by atoms with Gasteiger partial charge in [-0.2, -0.15) is 0 Å². The van der Waals surface area contributed by atoms with Crippen molar-refractivity contribution in [2.24, 2.45) is 0 Å². The van der Waals surface area contributed by atoms with Crippen LogP contribution < -0.4 is 21.3 Å². The number of nitrogens with two attached hydrogens (primary N) is 2. The van der Waals surface area contributed by atoms with E-state index in [4.69, 9.17) is 11.5 Å². The Kier molecular flexibility index (Phi) is 13.0. The molecular weight excluding hydrogens is 629 g/mol. The zero-order valence-corrected chi connectivity index (χ0v) is 31.3. The summed E-state index contributed by atoms with van der Waals surface area (Å²) in [7, 11) is 3.73. The number of rotatable bonds is 18. The molecule has 2 amide bonds. The van der Waals surface area contributed by atoms with Crippen LogP contribution >= 0.6 is 0 Å². The number of carbonyl (C=O) groups is 2. The van der Waals surface area contributed by atoms with Gasteiger partial charge in [0, 0.05) is 53.4 Å². The molecule has 0 spiro atoms. The van der Waals surface area contributed by atoms with E-state index in [0.717, 1.165) is 37.1 Å². The summed E-state index contributed by atoms with van der Waals surface area (Å²) >= 11 is 0. The smallest absolute Gasteiger partial charge is 0.258 e. The zero-order valence-electron chi connectivity index (χ0n) is 31.3. The van der Waals surface area contributed by atoms with Gasteiger partial charge in [-0.3, -0.25) is 9.59 Å². The van der Waals surface area contributed by atoms with Crippen molar-refractivity contribution >= 4 is 34.6 Å². The maximum absolute atomic E-state index is 13.7. The number of amides is 2. The standard InChI is InChI=1S/C45H58N4O2/c1-5-7-9-11-13-15-29-45(30-16-14-12-10-8-6-2)41-31-37(48(3)43(50)33-17-21-35(46)22-18-33)25-27-39(41)40-28-26-38(32-42(40)45)49(4)44(51)34-19-23-36(47)24-20-34/h17-28,31-32H,5-16,29-30,46-47H2,1-4H3. The molecule has 6 nitrogen and oxygen atoms in total. The van der Waals surface area contributed by atoms with Crippen molar-refractivity contribution < 1.29 is 9.59 Å². The van der Waals surface area contributed by atoms with Crippen LogP contribution in [0, 0.1) is 0 Å². The normalized spacial score (nSPS) is 12.7. The lowest BCUT2D eigenvalue weighted by molar-refractivity contribution is 0.0985. The van der Waals surface area contributed by atoms with Crippen molar-refractivity contribution in [3.05, 3.63) is 107 Å². The molecule has 4 aromatic rings. The van der Waals surface area contributed by atoms with E-state index in [1.54, 1.807) is 58.3 Å². The number of hydrogen-bond acceptors (Lipinski definition) is 4. The molecule has 0 bridgehead atoms. The third-order valence-corrected chi connectivity index (χ3v) is 10.9. The first-order chi connectivity index (χ1) is 24.7. The molecule has 0 aromatic heterocycles. The number of fused-ring (bicyclic) bond motifs is 3. The topological polar surface area (TPSA) is 92.7 Å². The van der Waals surface area contributed by atoms with Gasteiger partial charge in [0.15, 0.2) is 0 Å². The summed E-state index contributed by atoms with van der Waals surface area (Å²) in [5.41, 5.74) is 21.0. The number of carbonyl (C=O) groups excluding carboxylic acids is 2. The number of benzene rings is 4. The Morgan fingerprint density at radius 1 is 0.510 bits per heavy atom. The molecule has 0 radical (unpaired) electrons. The summed E-state index contributed by atoms with van der Waals surface area (Å²) in [4.78, 5) is 30.9. The van der Waals surface area contributed by atoms with Gasteiger partial charge in [0.1, 0.15) is 0 Å². The lowest BCUT2D eigenvalue weighted by atomic mass is 9.70. The molecule has 0 atom stereocenters. The van der Waals surface area contributed by atoms with Gasteiger partial charge in [-0.15, -0.1) is 0 Å². The van der Waals surface area contributed by atoms with E-state index < -0.39 is 0 Å². The fraction of sp³-hybridized carbons (Fsp3) is 0.422. The van der Waals surface area contributed by atoms with Crippen LogP contribution in [0.4, 0.5) is 22.7 Å². The van der Waals surface area contributed by atoms with Crippen molar-refractivity contribution in [1.29, 1.82) is 0 Å². The maximum atomic E-state index is 13.7. The van der Waals surface area contributed by atoms with Crippen molar-refractivity contribution in [1.82, 2.24) is 0 Å². The van der Waals surface area contributed by atoms with Crippen LogP contribution in [0.5, 0.6) is 0 Å². The van der Waals surface area contributed by atoms with Gasteiger partial charge in [0.25, 0.3) is 11.8 Å². The Labute approximate surface area is 306 Å². The first-order valence-corrected chi connectivity index (χ1v) is 19.3. The van der Waals surface area contributed by atoms with Gasteiger partial charge in [0.2, 0.25) is 0 Å². The molecule has 270 valence electrons. The highest BCUT2D eigenvalue weighted by Crippen LogP contribution is 2.56. The summed E-state index contributed by atoms with van der Waals surface area (Å²) in [5, 5.41) is 0. The average Bonchev–Trinajstić information content (AvgIpc) is 3.42. The highest BCUT2D eigenvalue weighted by molar-refractivity contribution is 6.07. The monoisotopic (exact) mass is 686 g/mol. The molecule has 0 saturated heterocycles. The number of hydrogen-bond donors (Lipinski definition) is 2. The largest absolute Gasteiger partial charge is 0.399 e. The molecule has 4 aromatic carbocycles. The molecule has 0 saturated carbocycles. The lowest BCUT2D eigenvalue weighted by Gasteiger charge is -2.34. The zero-order chi connectivity index (χ0) is 36.4. The van der Waals surface area contributed by atoms with Crippen LogP contribution in [-0.2, 0) is 5.41 Å². The first-order valence-electron chi connectivity index (χ1n) is 19.3. The van der Waals surface area contributed by atoms with Crippen LogP contribution in [0.1, 0.15) is 136 Å². The van der Waals surface area contributed by atoms with Gasteiger partial charge in [-0.05, 0) is 108 Å². The van der Waals surface area contributed by atoms with Gasteiger partial charge in [0.05, 0.1) is 0 Å². The van der Waals surface area contributed by atoms with E-state index in [9.17, 15) is 9.59 Å². The first kappa shape index (κ1) is 37.7. The molecule has 5 rings (SSSR count). The second-order valence-electron chi connectivity index (χ2n) is 14.5. The number of unbranched alkanes of at least 4 members (excludes halogenated alkanes) is 10. The molecule has 6 heteroatoms. The fourth-order valence-electron chi connectivity index (χ4n) is 7.84. The maximum Gasteiger partial charge on any atom is 0.258 e. The Balaban J connectivity index is 1.56. The van der Waals surface area contributed by atoms with Crippen LogP contribution in [-0.4, -0.2) is 25.9 Å². The van der Waals surface area contributed by atoms with Crippen LogP contribution in [0.2, 0.25) is 0 Å². The molecule has 1 aliphatic rings. The second-order valence-corrected chi connectivity index (χ2v) is 14.5. The highest BCUT2D eigenvalue weighted by Gasteiger charge is 2.43. The average molecular weight is 687 g/mol. The lowest BCUT2D eigenvalue weighted by Crippen LogP contribution is -2.29. The Bertz CT molecular complexity index is 1630. The van der Waals surface area contributed by atoms with Crippen molar-refractivity contribution in [2.75, 3.05) is 35.4 Å². The molecule has 0 heterocycles. The van der Waals surface area contributed by atoms with Crippen molar-refractivity contribution in [3.63, 3.8) is 0 Å². The van der Waals surface area contributed by atoms with Crippen LogP contribution in [0.15, 0.2) is 84.9 Å². The summed E-state index contributed by atoms with van der Waals surface area (Å²) in [5.74, 6) is -0.124. The second kappa shape index (κ2) is 17.6. The predicted octanol–water partition coefficient (Wildman–Crippen LogP) is 11.2. The highest BCUT2D eigenvalue weighted by atomic mass is 16.2. The Morgan fingerprint density at radius 3 is 1.24 bits per heavy atom. The van der Waals surface area contributed by atoms with E-state index in [-0.39, 0.29) is 17.2 Å². The van der Waals surface area contributed by atoms with Crippen LogP contribution in [0.25, 0.3) is 11.1 Å². The number of nitrogen functional groups attached to an aromatic ring is 2. The molecule has 1 aliphatic carbocycles. The third kappa shape index (κ3) is 8.66. The molecule has 4 N–H and O–H groups in total. The van der Waals surface area contributed by atoms with E-state index in [1.165, 1.54) is 86.5 Å². The minimum atomic E-state index is -0.220. The van der Waals surface area contributed by atoms with E-state index in [0.29, 0.717) is 22.5 Å². The van der Waals surface area contributed by atoms with Crippen molar-refractivity contribution in [2.45, 2.75) is 109 Å². The predicted molar refractivity (Wildman–Crippen MR) is 216 cm³/mol. The summed E-state index contributed by atoms with van der Waals surface area (Å²) in [6.45, 7) is 4.53. The minimum absolute atomic E-state index is 0.0620. The number of nitrogens with zero attached hydrogens (tertiary/aromatic N) is 2. The summed E-state index contributed by atoms with van der Waals surface area (Å²) in [6.07, 6.45) is 16.8. The summed E-state index contributed by atoms with van der Waals surface area (Å²) < 4.78 is 0. The van der Waals surface area contributed by atoms with Gasteiger partial charge in [-0.25, -0.2) is 0 Å². The SMILES string of the molecule is CCCCCCCCC1(CCCCCCCC)c2cc(N(C)C(=O)c3ccc(N)cc3)ccc2-c2ccc(N(C)C(=O)c3ccc(N)cc3)cc21. The van der Waals surface area contributed by atoms with Crippen LogP contribution in [0.3, 0.4) is 0 Å². The molecule has 0 aliphatic heterocycles. The fourth-order valence-corrected chi connectivity index (χ4v) is 7.84. The van der Waals surface area contributed by atoms with Gasteiger partial charge in [-0.1, -0.05) is 103 Å². The molecule has 0 unspecified atom stereocenters. The number of anilines is 4. The van der Waals surface area contributed by atoms with Crippen molar-refractivity contribution in [3.8, 4) is 11.1 Å². The van der Waals surface area contributed by atoms with E-state index >= 15 is 0 Å². The molecular formula is C45H58N4O2.